The van der Waals surface area contributed by atoms with E-state index in [9.17, 15) is 9.59 Å². The number of aryl methyl sites for hydroxylation is 1. The zero-order chi connectivity index (χ0) is 20.1. The van der Waals surface area contributed by atoms with Gasteiger partial charge < -0.3 is 15.4 Å². The van der Waals surface area contributed by atoms with E-state index in [2.05, 4.69) is 15.6 Å². The van der Waals surface area contributed by atoms with Crippen LogP contribution in [-0.4, -0.2) is 24.0 Å². The van der Waals surface area contributed by atoms with Gasteiger partial charge >= 0.3 is 5.97 Å². The van der Waals surface area contributed by atoms with Crippen molar-refractivity contribution in [2.45, 2.75) is 6.92 Å². The fourth-order valence-electron chi connectivity index (χ4n) is 2.58. The minimum absolute atomic E-state index is 0.280. The number of benzene rings is 2. The largest absolute Gasteiger partial charge is 0.465 e. The van der Waals surface area contributed by atoms with Crippen molar-refractivity contribution in [1.82, 2.24) is 4.98 Å². The number of halogens is 1. The summed E-state index contributed by atoms with van der Waals surface area (Å²) in [5.41, 5.74) is 2.87. The van der Waals surface area contributed by atoms with E-state index in [1.807, 2.05) is 19.1 Å². The first-order valence-corrected chi connectivity index (χ1v) is 8.83. The first kappa shape index (κ1) is 19.4. The number of aromatic nitrogens is 1. The smallest absolute Gasteiger partial charge is 0.339 e. The summed E-state index contributed by atoms with van der Waals surface area (Å²) in [7, 11) is 1.29. The molecular weight excluding hydrogens is 378 g/mol. The molecule has 0 aliphatic heterocycles. The quantitative estimate of drug-likeness (QED) is 0.605. The first-order chi connectivity index (χ1) is 13.5. The summed E-state index contributed by atoms with van der Waals surface area (Å²) >= 11 is 5.97. The minimum atomic E-state index is -0.521. The van der Waals surface area contributed by atoms with Gasteiger partial charge in [-0.2, -0.15) is 0 Å². The number of rotatable bonds is 5. The fourth-order valence-corrected chi connectivity index (χ4v) is 2.81. The molecule has 3 rings (SSSR count). The molecule has 1 aromatic heterocycles. The molecule has 2 aromatic carbocycles. The molecule has 2 N–H and O–H groups in total. The van der Waals surface area contributed by atoms with Gasteiger partial charge in [0.15, 0.2) is 0 Å². The Labute approximate surface area is 167 Å². The summed E-state index contributed by atoms with van der Waals surface area (Å²) in [4.78, 5) is 28.6. The molecule has 0 aliphatic carbocycles. The van der Waals surface area contributed by atoms with Gasteiger partial charge in [-0.05, 0) is 55.0 Å². The Balaban J connectivity index is 1.73. The summed E-state index contributed by atoms with van der Waals surface area (Å²) in [6.07, 6.45) is 1.46. The van der Waals surface area contributed by atoms with E-state index in [4.69, 9.17) is 16.3 Å². The van der Waals surface area contributed by atoms with Gasteiger partial charge in [-0.25, -0.2) is 9.78 Å². The van der Waals surface area contributed by atoms with Gasteiger partial charge in [-0.3, -0.25) is 4.79 Å². The molecule has 7 heteroatoms. The van der Waals surface area contributed by atoms with Gasteiger partial charge in [0.25, 0.3) is 5.91 Å². The summed E-state index contributed by atoms with van der Waals surface area (Å²) < 4.78 is 4.73. The number of hydrogen-bond acceptors (Lipinski definition) is 5. The number of carbonyl (C=O) groups is 2. The molecule has 6 nitrogen and oxygen atoms in total. The molecule has 0 bridgehead atoms. The number of hydrogen-bond donors (Lipinski definition) is 2. The lowest BCUT2D eigenvalue weighted by molar-refractivity contribution is 0.0602. The van der Waals surface area contributed by atoms with Crippen LogP contribution in [0.3, 0.4) is 0 Å². The second-order valence-electron chi connectivity index (χ2n) is 6.01. The highest BCUT2D eigenvalue weighted by atomic mass is 35.5. The summed E-state index contributed by atoms with van der Waals surface area (Å²) in [6.45, 7) is 1.94. The normalized spacial score (nSPS) is 10.2. The molecule has 0 spiro atoms. The highest BCUT2D eigenvalue weighted by Crippen LogP contribution is 2.23. The Morgan fingerprint density at radius 2 is 1.82 bits per heavy atom. The van der Waals surface area contributed by atoms with Crippen LogP contribution in [0.15, 0.2) is 60.8 Å². The Hall–Kier alpha value is -3.38. The lowest BCUT2D eigenvalue weighted by Gasteiger charge is -2.11. The summed E-state index contributed by atoms with van der Waals surface area (Å²) in [5.74, 6) is -0.304. The maximum Gasteiger partial charge on any atom is 0.339 e. The van der Waals surface area contributed by atoms with Gasteiger partial charge in [-0.15, -0.1) is 0 Å². The molecule has 1 heterocycles. The van der Waals surface area contributed by atoms with Gasteiger partial charge in [0.05, 0.1) is 23.9 Å². The van der Waals surface area contributed by atoms with Crippen LogP contribution in [0.2, 0.25) is 5.02 Å². The SMILES string of the molecule is COC(=O)c1ccccc1NC(=O)c1ccc(Nc2ccc(Cl)cc2C)nc1. The van der Waals surface area contributed by atoms with Crippen LogP contribution < -0.4 is 10.6 Å². The third kappa shape index (κ3) is 4.47. The van der Waals surface area contributed by atoms with Crippen molar-refractivity contribution in [1.29, 1.82) is 0 Å². The molecule has 0 saturated heterocycles. The molecule has 0 fully saturated rings. The van der Waals surface area contributed by atoms with Crippen LogP contribution in [0, 0.1) is 6.92 Å². The molecule has 1 amide bonds. The van der Waals surface area contributed by atoms with Crippen LogP contribution >= 0.6 is 11.6 Å². The third-order valence-electron chi connectivity index (χ3n) is 4.06. The Morgan fingerprint density at radius 3 is 2.50 bits per heavy atom. The summed E-state index contributed by atoms with van der Waals surface area (Å²) in [5, 5.41) is 6.56. The van der Waals surface area contributed by atoms with Gasteiger partial charge in [0.2, 0.25) is 0 Å². The number of amides is 1. The van der Waals surface area contributed by atoms with Gasteiger partial charge in [0, 0.05) is 16.9 Å². The highest BCUT2D eigenvalue weighted by molar-refractivity contribution is 6.30. The van der Waals surface area contributed by atoms with Crippen molar-refractivity contribution >= 4 is 40.7 Å². The topological polar surface area (TPSA) is 80.3 Å². The molecule has 0 unspecified atom stereocenters. The number of pyridine rings is 1. The number of carbonyl (C=O) groups excluding carboxylic acids is 2. The summed E-state index contributed by atoms with van der Waals surface area (Å²) in [6, 6.07) is 15.5. The van der Waals surface area contributed by atoms with E-state index in [0.29, 0.717) is 22.1 Å². The Kier molecular flexibility index (Phi) is 5.91. The van der Waals surface area contributed by atoms with Gasteiger partial charge in [0.1, 0.15) is 5.82 Å². The van der Waals surface area contributed by atoms with Crippen LogP contribution in [0.1, 0.15) is 26.3 Å². The second kappa shape index (κ2) is 8.54. The number of methoxy groups -OCH3 is 1. The number of nitrogens with zero attached hydrogens (tertiary/aromatic N) is 1. The molecule has 0 radical (unpaired) electrons. The Bertz CT molecular complexity index is 1020. The van der Waals surface area contributed by atoms with Crippen molar-refractivity contribution in [2.75, 3.05) is 17.7 Å². The first-order valence-electron chi connectivity index (χ1n) is 8.46. The minimum Gasteiger partial charge on any atom is -0.465 e. The molecule has 28 heavy (non-hydrogen) atoms. The predicted octanol–water partition coefficient (Wildman–Crippen LogP) is 4.83. The third-order valence-corrected chi connectivity index (χ3v) is 4.29. The van der Waals surface area contributed by atoms with E-state index in [1.54, 1.807) is 42.5 Å². The van der Waals surface area contributed by atoms with Crippen LogP contribution in [0.5, 0.6) is 0 Å². The molecule has 0 saturated carbocycles. The van der Waals surface area contributed by atoms with E-state index >= 15 is 0 Å². The van der Waals surface area contributed by atoms with E-state index < -0.39 is 5.97 Å². The highest BCUT2D eigenvalue weighted by Gasteiger charge is 2.14. The molecule has 0 atom stereocenters. The van der Waals surface area contributed by atoms with Crippen LogP contribution in [-0.2, 0) is 4.74 Å². The fraction of sp³-hybridized carbons (Fsp3) is 0.0952. The number of anilines is 3. The lowest BCUT2D eigenvalue weighted by atomic mass is 10.1. The van der Waals surface area contributed by atoms with Gasteiger partial charge in [-0.1, -0.05) is 23.7 Å². The lowest BCUT2D eigenvalue weighted by Crippen LogP contribution is -2.15. The van der Waals surface area contributed by atoms with E-state index in [0.717, 1.165) is 11.3 Å². The maximum absolute atomic E-state index is 12.5. The molecule has 142 valence electrons. The Morgan fingerprint density at radius 1 is 1.04 bits per heavy atom. The zero-order valence-electron chi connectivity index (χ0n) is 15.3. The average Bonchev–Trinajstić information content (AvgIpc) is 2.70. The van der Waals surface area contributed by atoms with Crippen molar-refractivity contribution in [3.05, 3.63) is 82.5 Å². The zero-order valence-corrected chi connectivity index (χ0v) is 16.1. The number of esters is 1. The standard InChI is InChI=1S/C21H18ClN3O3/c1-13-11-15(22)8-9-17(13)24-19-10-7-14(12-23-19)20(26)25-18-6-4-3-5-16(18)21(27)28-2/h3-12H,1-2H3,(H,23,24)(H,25,26). The molecule has 0 aliphatic rings. The van der Waals surface area contributed by atoms with E-state index in [1.165, 1.54) is 13.3 Å². The van der Waals surface area contributed by atoms with Crippen LogP contribution in [0.4, 0.5) is 17.2 Å². The van der Waals surface area contributed by atoms with Crippen molar-refractivity contribution < 1.29 is 14.3 Å². The molecule has 3 aromatic rings. The number of ether oxygens (including phenoxy) is 1. The second-order valence-corrected chi connectivity index (χ2v) is 6.44. The molecular formula is C21H18ClN3O3. The van der Waals surface area contributed by atoms with E-state index in [-0.39, 0.29) is 11.5 Å². The predicted molar refractivity (Wildman–Crippen MR) is 109 cm³/mol. The number of para-hydroxylation sites is 1. The van der Waals surface area contributed by atoms with Crippen molar-refractivity contribution in [2.24, 2.45) is 0 Å². The monoisotopic (exact) mass is 395 g/mol. The van der Waals surface area contributed by atoms with Crippen molar-refractivity contribution in [3.63, 3.8) is 0 Å². The van der Waals surface area contributed by atoms with Crippen LogP contribution in [0.25, 0.3) is 0 Å². The van der Waals surface area contributed by atoms with Crippen molar-refractivity contribution in [3.8, 4) is 0 Å². The average molecular weight is 396 g/mol. The number of nitrogens with one attached hydrogen (secondary N) is 2. The maximum atomic E-state index is 12.5.